The Morgan fingerprint density at radius 2 is 2.16 bits per heavy atom. The van der Waals surface area contributed by atoms with Gasteiger partial charge in [-0.1, -0.05) is 26.0 Å². The Morgan fingerprint density at radius 1 is 1.32 bits per heavy atom. The lowest BCUT2D eigenvalue weighted by molar-refractivity contribution is -0.132. The fourth-order valence-corrected chi connectivity index (χ4v) is 4.84. The largest absolute Gasteiger partial charge is 0.508 e. The van der Waals surface area contributed by atoms with Gasteiger partial charge in [0.2, 0.25) is 5.91 Å². The highest BCUT2D eigenvalue weighted by Gasteiger charge is 2.33. The van der Waals surface area contributed by atoms with Gasteiger partial charge >= 0.3 is 0 Å². The third-order valence-corrected chi connectivity index (χ3v) is 6.72. The van der Waals surface area contributed by atoms with Crippen LogP contribution in [-0.4, -0.2) is 31.7 Å². The number of amides is 1. The summed E-state index contributed by atoms with van der Waals surface area (Å²) >= 11 is 0. The Hall–Kier alpha value is -2.76. The highest BCUT2D eigenvalue weighted by Crippen LogP contribution is 2.38. The maximum absolute atomic E-state index is 13.9. The molecule has 0 saturated heterocycles. The first-order chi connectivity index (χ1) is 15.0. The SMILES string of the molecule is CCn1cc(CN(C(=O)[C@H]2CCCc3c(O)cccc32)C2=CNC(C(C)C)CC2)cn1. The summed E-state index contributed by atoms with van der Waals surface area (Å²) < 4.78 is 1.90. The summed E-state index contributed by atoms with van der Waals surface area (Å²) in [6.07, 6.45) is 10.4. The predicted molar refractivity (Wildman–Crippen MR) is 121 cm³/mol. The zero-order valence-electron chi connectivity index (χ0n) is 18.8. The fraction of sp³-hybridized carbons (Fsp3) is 0.520. The number of hydrogen-bond acceptors (Lipinski definition) is 4. The lowest BCUT2D eigenvalue weighted by Crippen LogP contribution is -2.40. The van der Waals surface area contributed by atoms with Crippen LogP contribution in [0.4, 0.5) is 0 Å². The molecule has 1 aliphatic heterocycles. The van der Waals surface area contributed by atoms with Crippen LogP contribution in [-0.2, 0) is 24.3 Å². The van der Waals surface area contributed by atoms with Crippen LogP contribution in [0, 0.1) is 5.92 Å². The zero-order chi connectivity index (χ0) is 22.0. The van der Waals surface area contributed by atoms with Crippen LogP contribution in [0.15, 0.2) is 42.5 Å². The summed E-state index contributed by atoms with van der Waals surface area (Å²) in [6.45, 7) is 7.84. The van der Waals surface area contributed by atoms with Gasteiger partial charge < -0.3 is 15.3 Å². The van der Waals surface area contributed by atoms with Crippen molar-refractivity contribution in [2.45, 2.75) is 77.9 Å². The molecule has 2 heterocycles. The summed E-state index contributed by atoms with van der Waals surface area (Å²) in [7, 11) is 0. The number of carbonyl (C=O) groups is 1. The summed E-state index contributed by atoms with van der Waals surface area (Å²) in [5, 5.41) is 18.3. The second-order valence-electron chi connectivity index (χ2n) is 9.11. The molecule has 166 valence electrons. The number of allylic oxidation sites excluding steroid dienone is 1. The number of fused-ring (bicyclic) bond motifs is 1. The van der Waals surface area contributed by atoms with Crippen LogP contribution in [0.5, 0.6) is 5.75 Å². The van der Waals surface area contributed by atoms with Crippen molar-refractivity contribution in [2.24, 2.45) is 5.92 Å². The minimum atomic E-state index is -0.221. The van der Waals surface area contributed by atoms with Crippen molar-refractivity contribution in [3.63, 3.8) is 0 Å². The highest BCUT2D eigenvalue weighted by atomic mass is 16.3. The molecule has 1 aromatic carbocycles. The van der Waals surface area contributed by atoms with Gasteiger partial charge in [0.25, 0.3) is 0 Å². The molecule has 1 amide bonds. The minimum absolute atomic E-state index is 0.117. The average molecular weight is 423 g/mol. The first kappa shape index (κ1) is 21.5. The molecule has 2 atom stereocenters. The van der Waals surface area contributed by atoms with Crippen LogP contribution >= 0.6 is 0 Å². The molecule has 6 nitrogen and oxygen atoms in total. The lowest BCUT2D eigenvalue weighted by Gasteiger charge is -2.35. The molecule has 0 radical (unpaired) electrons. The van der Waals surface area contributed by atoms with Gasteiger partial charge in [0.1, 0.15) is 5.75 Å². The Morgan fingerprint density at radius 3 is 2.84 bits per heavy atom. The molecule has 1 aromatic heterocycles. The average Bonchev–Trinajstić information content (AvgIpc) is 3.25. The van der Waals surface area contributed by atoms with Crippen LogP contribution in [0.3, 0.4) is 0 Å². The Bertz CT molecular complexity index is 962. The molecule has 2 N–H and O–H groups in total. The first-order valence-electron chi connectivity index (χ1n) is 11.6. The number of rotatable bonds is 6. The molecule has 2 aromatic rings. The van der Waals surface area contributed by atoms with E-state index in [4.69, 9.17) is 0 Å². The van der Waals surface area contributed by atoms with Crippen molar-refractivity contribution in [3.8, 4) is 5.75 Å². The van der Waals surface area contributed by atoms with E-state index in [0.717, 1.165) is 61.0 Å². The fourth-order valence-electron chi connectivity index (χ4n) is 4.84. The van der Waals surface area contributed by atoms with Crippen LogP contribution < -0.4 is 5.32 Å². The molecular weight excluding hydrogens is 388 g/mol. The van der Waals surface area contributed by atoms with Crippen LogP contribution in [0.25, 0.3) is 0 Å². The molecule has 31 heavy (non-hydrogen) atoms. The van der Waals surface area contributed by atoms with Gasteiger partial charge in [-0.15, -0.1) is 0 Å². The van der Waals surface area contributed by atoms with E-state index >= 15 is 0 Å². The van der Waals surface area contributed by atoms with Gasteiger partial charge in [-0.3, -0.25) is 9.48 Å². The summed E-state index contributed by atoms with van der Waals surface area (Å²) in [6, 6.07) is 6.02. The van der Waals surface area contributed by atoms with Crippen LogP contribution in [0.1, 0.15) is 69.1 Å². The number of phenols is 1. The Balaban J connectivity index is 1.64. The van der Waals surface area contributed by atoms with Crippen molar-refractivity contribution < 1.29 is 9.90 Å². The molecule has 0 fully saturated rings. The van der Waals surface area contributed by atoms with E-state index in [9.17, 15) is 9.90 Å². The summed E-state index contributed by atoms with van der Waals surface area (Å²) in [5.74, 6) is 0.759. The third-order valence-electron chi connectivity index (χ3n) is 6.72. The summed E-state index contributed by atoms with van der Waals surface area (Å²) in [4.78, 5) is 15.9. The number of nitrogens with zero attached hydrogens (tertiary/aromatic N) is 3. The van der Waals surface area contributed by atoms with E-state index in [1.54, 1.807) is 6.07 Å². The normalized spacial score (nSPS) is 20.7. The van der Waals surface area contributed by atoms with Gasteiger partial charge in [-0.2, -0.15) is 5.10 Å². The molecule has 6 heteroatoms. The van der Waals surface area contributed by atoms with Crippen molar-refractivity contribution in [1.82, 2.24) is 20.0 Å². The number of phenolic OH excluding ortho intramolecular Hbond substituents is 1. The number of benzene rings is 1. The van der Waals surface area contributed by atoms with Gasteiger partial charge in [0, 0.05) is 36.2 Å². The van der Waals surface area contributed by atoms with E-state index in [1.165, 1.54) is 0 Å². The first-order valence-corrected chi connectivity index (χ1v) is 11.6. The molecule has 0 bridgehead atoms. The second-order valence-corrected chi connectivity index (χ2v) is 9.11. The molecule has 4 rings (SSSR count). The Kier molecular flexibility index (Phi) is 6.35. The van der Waals surface area contributed by atoms with E-state index in [0.29, 0.717) is 24.3 Å². The van der Waals surface area contributed by atoms with Gasteiger partial charge in [0.05, 0.1) is 18.7 Å². The van der Waals surface area contributed by atoms with E-state index in [-0.39, 0.29) is 11.8 Å². The number of nitrogens with one attached hydrogen (secondary N) is 1. The number of aryl methyl sites for hydroxylation is 1. The highest BCUT2D eigenvalue weighted by molar-refractivity contribution is 5.86. The van der Waals surface area contributed by atoms with Crippen LogP contribution in [0.2, 0.25) is 0 Å². The molecular formula is C25H34N4O2. The second kappa shape index (κ2) is 9.16. The van der Waals surface area contributed by atoms with E-state index in [2.05, 4.69) is 31.2 Å². The standard InChI is InChI=1S/C25H34N4O2/c1-4-28-15-18(13-27-28)16-29(19-11-12-23(17(2)3)26-14-19)25(31)22-9-5-8-21-20(22)7-6-10-24(21)30/h6-7,10,13-15,17,22-23,26,30H,4-5,8-9,11-12,16H2,1-3H3/t22-,23?/m0/s1. The quantitative estimate of drug-likeness (QED) is 0.728. The number of hydrogen-bond donors (Lipinski definition) is 2. The number of carbonyl (C=O) groups excluding carboxylic acids is 1. The maximum atomic E-state index is 13.9. The van der Waals surface area contributed by atoms with Gasteiger partial charge in [0.15, 0.2) is 0 Å². The Labute approximate surface area is 184 Å². The van der Waals surface area contributed by atoms with Crippen molar-refractivity contribution in [1.29, 1.82) is 0 Å². The lowest BCUT2D eigenvalue weighted by atomic mass is 9.81. The maximum Gasteiger partial charge on any atom is 0.234 e. The number of aromatic hydroxyl groups is 1. The van der Waals surface area contributed by atoms with Gasteiger partial charge in [-0.05, 0) is 62.1 Å². The zero-order valence-corrected chi connectivity index (χ0v) is 18.8. The third kappa shape index (κ3) is 4.48. The van der Waals surface area contributed by atoms with E-state index in [1.807, 2.05) is 40.3 Å². The predicted octanol–water partition coefficient (Wildman–Crippen LogP) is 4.31. The monoisotopic (exact) mass is 422 g/mol. The minimum Gasteiger partial charge on any atom is -0.508 e. The van der Waals surface area contributed by atoms with Crippen molar-refractivity contribution in [3.05, 3.63) is 59.2 Å². The van der Waals surface area contributed by atoms with Crippen molar-refractivity contribution >= 4 is 5.91 Å². The molecule has 1 unspecified atom stereocenters. The van der Waals surface area contributed by atoms with E-state index < -0.39 is 0 Å². The summed E-state index contributed by atoms with van der Waals surface area (Å²) in [5.41, 5.74) is 3.99. The number of aromatic nitrogens is 2. The molecule has 1 aliphatic carbocycles. The smallest absolute Gasteiger partial charge is 0.234 e. The van der Waals surface area contributed by atoms with Gasteiger partial charge in [-0.25, -0.2) is 0 Å². The molecule has 0 saturated carbocycles. The molecule has 0 spiro atoms. The van der Waals surface area contributed by atoms with Crippen molar-refractivity contribution in [2.75, 3.05) is 0 Å². The topological polar surface area (TPSA) is 70.4 Å². The molecule has 2 aliphatic rings.